The number of benzene rings is 2. The van der Waals surface area contributed by atoms with Crippen LogP contribution in [0.3, 0.4) is 0 Å². The third-order valence-corrected chi connectivity index (χ3v) is 2.15. The molecule has 16 heavy (non-hydrogen) atoms. The molecule has 0 spiro atoms. The molecule has 0 N–H and O–H groups in total. The number of nitrogens with zero attached hydrogens (tertiary/aromatic N) is 1. The lowest BCUT2D eigenvalue weighted by Crippen LogP contribution is -1.87. The molecule has 80 valence electrons. The maximum Gasteiger partial charge on any atom is 0.142 e. The predicted octanol–water partition coefficient (Wildman–Crippen LogP) is 3.24. The van der Waals surface area contributed by atoms with Crippen LogP contribution in [0.4, 0.5) is 0 Å². The molecule has 0 saturated carbocycles. The van der Waals surface area contributed by atoms with Crippen molar-refractivity contribution in [3.8, 4) is 0 Å². The zero-order valence-corrected chi connectivity index (χ0v) is 8.91. The fourth-order valence-electron chi connectivity index (χ4n) is 1.32. The van der Waals surface area contributed by atoms with Crippen LogP contribution in [0, 0.1) is 0 Å². The van der Waals surface area contributed by atoms with Gasteiger partial charge in [0.05, 0.1) is 6.21 Å². The van der Waals surface area contributed by atoms with Gasteiger partial charge < -0.3 is 4.84 Å². The summed E-state index contributed by atoms with van der Waals surface area (Å²) in [6.45, 7) is 0.504. The molecule has 0 aliphatic carbocycles. The van der Waals surface area contributed by atoms with Gasteiger partial charge in [0, 0.05) is 0 Å². The Balaban J connectivity index is 1.83. The highest BCUT2D eigenvalue weighted by molar-refractivity contribution is 5.78. The van der Waals surface area contributed by atoms with E-state index in [4.69, 9.17) is 4.84 Å². The van der Waals surface area contributed by atoms with Gasteiger partial charge in [0.2, 0.25) is 0 Å². The second-order valence-corrected chi connectivity index (χ2v) is 3.40. The number of hydrogen-bond acceptors (Lipinski definition) is 2. The minimum atomic E-state index is 0.504. The van der Waals surface area contributed by atoms with E-state index < -0.39 is 0 Å². The van der Waals surface area contributed by atoms with Crippen molar-refractivity contribution in [2.24, 2.45) is 5.16 Å². The molecule has 0 radical (unpaired) electrons. The summed E-state index contributed by atoms with van der Waals surface area (Å²) in [6, 6.07) is 19.9. The van der Waals surface area contributed by atoms with Crippen LogP contribution in [-0.4, -0.2) is 6.21 Å². The molecule has 0 fully saturated rings. The van der Waals surface area contributed by atoms with Gasteiger partial charge in [0.25, 0.3) is 0 Å². The Kier molecular flexibility index (Phi) is 3.72. The minimum absolute atomic E-state index is 0.504. The smallest absolute Gasteiger partial charge is 0.142 e. The van der Waals surface area contributed by atoms with E-state index in [1.165, 1.54) is 0 Å². The van der Waals surface area contributed by atoms with E-state index in [1.807, 2.05) is 60.7 Å². The summed E-state index contributed by atoms with van der Waals surface area (Å²) >= 11 is 0. The Labute approximate surface area is 95.2 Å². The monoisotopic (exact) mass is 211 g/mol. The third kappa shape index (κ3) is 3.24. The lowest BCUT2D eigenvalue weighted by Gasteiger charge is -1.98. The molecule has 2 rings (SSSR count). The average Bonchev–Trinajstić information content (AvgIpc) is 2.37. The van der Waals surface area contributed by atoms with Crippen molar-refractivity contribution in [2.45, 2.75) is 6.61 Å². The molecule has 0 amide bonds. The van der Waals surface area contributed by atoms with Crippen LogP contribution < -0.4 is 0 Å². The average molecular weight is 211 g/mol. The quantitative estimate of drug-likeness (QED) is 0.562. The van der Waals surface area contributed by atoms with Crippen LogP contribution in [0.1, 0.15) is 11.1 Å². The summed E-state index contributed by atoms with van der Waals surface area (Å²) < 4.78 is 0. The number of oxime groups is 1. The summed E-state index contributed by atoms with van der Waals surface area (Å²) in [5.74, 6) is 0. The summed E-state index contributed by atoms with van der Waals surface area (Å²) in [6.07, 6.45) is 1.71. The summed E-state index contributed by atoms with van der Waals surface area (Å²) in [5.41, 5.74) is 2.16. The van der Waals surface area contributed by atoms with Gasteiger partial charge in [-0.1, -0.05) is 65.8 Å². The zero-order valence-electron chi connectivity index (χ0n) is 8.91. The van der Waals surface area contributed by atoms with E-state index in [9.17, 15) is 0 Å². The molecule has 2 nitrogen and oxygen atoms in total. The van der Waals surface area contributed by atoms with Crippen molar-refractivity contribution >= 4 is 6.21 Å². The second-order valence-electron chi connectivity index (χ2n) is 3.40. The summed E-state index contributed by atoms with van der Waals surface area (Å²) in [4.78, 5) is 5.19. The lowest BCUT2D eigenvalue weighted by molar-refractivity contribution is 0.132. The Morgan fingerprint density at radius 2 is 1.50 bits per heavy atom. The SMILES string of the molecule is C(=N/OCc1ccccc1)/c1ccccc1. The molecule has 0 saturated heterocycles. The molecule has 2 aromatic carbocycles. The predicted molar refractivity (Wildman–Crippen MR) is 65.3 cm³/mol. The fraction of sp³-hybridized carbons (Fsp3) is 0.0714. The fourth-order valence-corrected chi connectivity index (χ4v) is 1.32. The van der Waals surface area contributed by atoms with E-state index in [0.29, 0.717) is 6.61 Å². The standard InChI is InChI=1S/C14H13NO/c1-3-7-13(8-4-1)11-15-16-12-14-9-5-2-6-10-14/h1-11H,12H2/b15-11-. The minimum Gasteiger partial charge on any atom is -0.391 e. The molecule has 0 atom stereocenters. The zero-order chi connectivity index (χ0) is 11.1. The normalized spacial score (nSPS) is 10.5. The topological polar surface area (TPSA) is 21.6 Å². The molecule has 0 aliphatic rings. The van der Waals surface area contributed by atoms with Crippen LogP contribution in [-0.2, 0) is 11.4 Å². The van der Waals surface area contributed by atoms with E-state index in [1.54, 1.807) is 6.21 Å². The first-order valence-electron chi connectivity index (χ1n) is 5.19. The van der Waals surface area contributed by atoms with Crippen LogP contribution in [0.2, 0.25) is 0 Å². The molecule has 0 aliphatic heterocycles. The molecular weight excluding hydrogens is 198 g/mol. The van der Waals surface area contributed by atoms with Crippen LogP contribution in [0.25, 0.3) is 0 Å². The Morgan fingerprint density at radius 1 is 0.875 bits per heavy atom. The van der Waals surface area contributed by atoms with Crippen molar-refractivity contribution < 1.29 is 4.84 Å². The van der Waals surface area contributed by atoms with Gasteiger partial charge in [0.1, 0.15) is 6.61 Å². The molecule has 0 unspecified atom stereocenters. The summed E-state index contributed by atoms with van der Waals surface area (Å²) in [7, 11) is 0. The lowest BCUT2D eigenvalue weighted by atomic mass is 10.2. The first-order chi connectivity index (χ1) is 7.95. The molecule has 2 heteroatoms. The van der Waals surface area contributed by atoms with E-state index >= 15 is 0 Å². The first-order valence-corrected chi connectivity index (χ1v) is 5.19. The molecular formula is C14H13NO. The summed E-state index contributed by atoms with van der Waals surface area (Å²) in [5, 5.41) is 3.91. The van der Waals surface area contributed by atoms with Gasteiger partial charge >= 0.3 is 0 Å². The van der Waals surface area contributed by atoms with Gasteiger partial charge in [-0.3, -0.25) is 0 Å². The van der Waals surface area contributed by atoms with E-state index in [-0.39, 0.29) is 0 Å². The maximum absolute atomic E-state index is 5.19. The maximum atomic E-state index is 5.19. The second kappa shape index (κ2) is 5.71. The number of hydrogen-bond donors (Lipinski definition) is 0. The molecule has 0 aromatic heterocycles. The largest absolute Gasteiger partial charge is 0.391 e. The Morgan fingerprint density at radius 3 is 2.19 bits per heavy atom. The van der Waals surface area contributed by atoms with Crippen LogP contribution in [0.5, 0.6) is 0 Å². The third-order valence-electron chi connectivity index (χ3n) is 2.15. The van der Waals surface area contributed by atoms with Crippen molar-refractivity contribution in [2.75, 3.05) is 0 Å². The van der Waals surface area contributed by atoms with Crippen molar-refractivity contribution in [3.63, 3.8) is 0 Å². The number of rotatable bonds is 4. The van der Waals surface area contributed by atoms with Crippen molar-refractivity contribution in [3.05, 3.63) is 71.8 Å². The Bertz CT molecular complexity index is 437. The van der Waals surface area contributed by atoms with Gasteiger partial charge in [-0.15, -0.1) is 0 Å². The van der Waals surface area contributed by atoms with Gasteiger partial charge in [-0.25, -0.2) is 0 Å². The van der Waals surface area contributed by atoms with Crippen LogP contribution in [0.15, 0.2) is 65.8 Å². The molecule has 0 bridgehead atoms. The van der Waals surface area contributed by atoms with Crippen LogP contribution >= 0.6 is 0 Å². The van der Waals surface area contributed by atoms with Gasteiger partial charge in [-0.05, 0) is 11.1 Å². The highest BCUT2D eigenvalue weighted by atomic mass is 16.6. The van der Waals surface area contributed by atoms with E-state index in [2.05, 4.69) is 5.16 Å². The molecule has 0 heterocycles. The van der Waals surface area contributed by atoms with Crippen molar-refractivity contribution in [1.29, 1.82) is 0 Å². The van der Waals surface area contributed by atoms with Crippen molar-refractivity contribution in [1.82, 2.24) is 0 Å². The molecule has 2 aromatic rings. The first kappa shape index (κ1) is 10.4. The van der Waals surface area contributed by atoms with Gasteiger partial charge in [-0.2, -0.15) is 0 Å². The Hall–Kier alpha value is -2.09. The van der Waals surface area contributed by atoms with Gasteiger partial charge in [0.15, 0.2) is 0 Å². The highest BCUT2D eigenvalue weighted by Gasteiger charge is 1.89. The highest BCUT2D eigenvalue weighted by Crippen LogP contribution is 2.01. The van der Waals surface area contributed by atoms with E-state index in [0.717, 1.165) is 11.1 Å².